The van der Waals surface area contributed by atoms with Gasteiger partial charge in [-0.1, -0.05) is 0 Å². The van der Waals surface area contributed by atoms with E-state index in [4.69, 9.17) is 5.84 Å². The third-order valence-electron chi connectivity index (χ3n) is 1.11. The summed E-state index contributed by atoms with van der Waals surface area (Å²) in [6.07, 6.45) is 0.827. The van der Waals surface area contributed by atoms with Crippen molar-refractivity contribution < 1.29 is 4.92 Å². The van der Waals surface area contributed by atoms with Crippen LogP contribution in [0, 0.1) is 10.1 Å². The van der Waals surface area contributed by atoms with Crippen molar-refractivity contribution >= 4 is 11.6 Å². The average molecular weight is 171 g/mol. The summed E-state index contributed by atoms with van der Waals surface area (Å²) in [6, 6.07) is 0. The zero-order valence-electron chi connectivity index (χ0n) is 5.77. The number of rotatable bonds is 2. The summed E-state index contributed by atoms with van der Waals surface area (Å²) in [5, 5.41) is 10.1. The molecule has 0 aromatic carbocycles. The van der Waals surface area contributed by atoms with Gasteiger partial charge in [-0.3, -0.25) is 25.3 Å². The summed E-state index contributed by atoms with van der Waals surface area (Å²) < 4.78 is 0. The van der Waals surface area contributed by atoms with Crippen molar-refractivity contribution in [3.05, 3.63) is 26.7 Å². The van der Waals surface area contributed by atoms with Crippen LogP contribution in [0.4, 0.5) is 11.6 Å². The predicted molar refractivity (Wildman–Crippen MR) is 39.3 cm³/mol. The van der Waals surface area contributed by atoms with Crippen molar-refractivity contribution in [1.29, 1.82) is 0 Å². The summed E-state index contributed by atoms with van der Waals surface area (Å²) in [5.74, 6) is 4.87. The standard InChI is InChI=1S/C4H5N5O3/c5-8-4-6-1-2(9(11)12)3(10)7-4/h1H,5H2,(H2,6,7,8,10). The molecule has 4 N–H and O–H groups in total. The van der Waals surface area contributed by atoms with E-state index in [2.05, 4.69) is 9.97 Å². The fourth-order valence-electron chi connectivity index (χ4n) is 0.592. The molecule has 1 heterocycles. The van der Waals surface area contributed by atoms with E-state index in [0.717, 1.165) is 6.20 Å². The second-order valence-electron chi connectivity index (χ2n) is 1.85. The lowest BCUT2D eigenvalue weighted by atomic mass is 10.5. The SMILES string of the molecule is NNc1ncc([N+](=O)[O-])c(=O)[nH]1. The molecule has 0 aliphatic rings. The van der Waals surface area contributed by atoms with Crippen LogP contribution in [0.1, 0.15) is 0 Å². The van der Waals surface area contributed by atoms with E-state index in [0.29, 0.717) is 0 Å². The molecule has 1 aromatic rings. The molecule has 0 radical (unpaired) electrons. The van der Waals surface area contributed by atoms with Crippen molar-refractivity contribution in [2.75, 3.05) is 5.43 Å². The number of nitrogen functional groups attached to an aromatic ring is 1. The fourth-order valence-corrected chi connectivity index (χ4v) is 0.592. The number of nitrogens with one attached hydrogen (secondary N) is 2. The van der Waals surface area contributed by atoms with Crippen molar-refractivity contribution in [3.8, 4) is 0 Å². The molecule has 0 unspecified atom stereocenters. The van der Waals surface area contributed by atoms with Gasteiger partial charge in [0.05, 0.1) is 4.92 Å². The summed E-state index contributed by atoms with van der Waals surface area (Å²) in [7, 11) is 0. The van der Waals surface area contributed by atoms with Gasteiger partial charge in [-0.05, 0) is 0 Å². The van der Waals surface area contributed by atoms with Crippen LogP contribution in [-0.4, -0.2) is 14.9 Å². The third kappa shape index (κ3) is 1.37. The molecule has 8 nitrogen and oxygen atoms in total. The highest BCUT2D eigenvalue weighted by Gasteiger charge is 2.11. The number of hydrogen-bond acceptors (Lipinski definition) is 6. The van der Waals surface area contributed by atoms with Crippen molar-refractivity contribution in [1.82, 2.24) is 9.97 Å². The molecule has 0 aliphatic heterocycles. The quantitative estimate of drug-likeness (QED) is 0.296. The van der Waals surface area contributed by atoms with Crippen LogP contribution in [0.5, 0.6) is 0 Å². The minimum absolute atomic E-state index is 0.0226. The number of nitro groups is 1. The maximum atomic E-state index is 10.8. The van der Waals surface area contributed by atoms with Gasteiger partial charge in [-0.25, -0.2) is 10.8 Å². The summed E-state index contributed by atoms with van der Waals surface area (Å²) in [6.45, 7) is 0. The summed E-state index contributed by atoms with van der Waals surface area (Å²) in [4.78, 5) is 25.6. The van der Waals surface area contributed by atoms with Crippen LogP contribution in [0.2, 0.25) is 0 Å². The first kappa shape index (κ1) is 8.14. The Labute approximate surface area is 65.5 Å². The second kappa shape index (κ2) is 2.96. The first-order valence-corrected chi connectivity index (χ1v) is 2.85. The van der Waals surface area contributed by atoms with Crippen LogP contribution in [0.15, 0.2) is 11.0 Å². The molecule has 0 spiro atoms. The number of hydrazine groups is 1. The normalized spacial score (nSPS) is 9.42. The van der Waals surface area contributed by atoms with Gasteiger partial charge in [0, 0.05) is 0 Å². The van der Waals surface area contributed by atoms with Crippen LogP contribution < -0.4 is 16.8 Å². The first-order chi connectivity index (χ1) is 5.65. The molecule has 0 aliphatic carbocycles. The van der Waals surface area contributed by atoms with Gasteiger partial charge in [0.2, 0.25) is 5.95 Å². The van der Waals surface area contributed by atoms with E-state index < -0.39 is 16.2 Å². The van der Waals surface area contributed by atoms with Gasteiger partial charge >= 0.3 is 11.2 Å². The lowest BCUT2D eigenvalue weighted by Gasteiger charge is -1.95. The van der Waals surface area contributed by atoms with Gasteiger partial charge in [-0.15, -0.1) is 0 Å². The van der Waals surface area contributed by atoms with Gasteiger partial charge < -0.3 is 0 Å². The number of aromatic nitrogens is 2. The van der Waals surface area contributed by atoms with Gasteiger partial charge in [0.25, 0.3) is 0 Å². The Kier molecular flexibility index (Phi) is 2.01. The summed E-state index contributed by atoms with van der Waals surface area (Å²) >= 11 is 0. The highest BCUT2D eigenvalue weighted by Crippen LogP contribution is 2.00. The molecule has 1 aromatic heterocycles. The summed E-state index contributed by atoms with van der Waals surface area (Å²) in [5.41, 5.74) is 0.584. The van der Waals surface area contributed by atoms with Gasteiger partial charge in [-0.2, -0.15) is 0 Å². The molecule has 8 heteroatoms. The Hall–Kier alpha value is -1.96. The van der Waals surface area contributed by atoms with Crippen LogP contribution >= 0.6 is 0 Å². The third-order valence-corrected chi connectivity index (χ3v) is 1.11. The lowest BCUT2D eigenvalue weighted by Crippen LogP contribution is -2.18. The molecule has 0 amide bonds. The van der Waals surface area contributed by atoms with Crippen molar-refractivity contribution in [2.24, 2.45) is 5.84 Å². The molecule has 64 valence electrons. The van der Waals surface area contributed by atoms with E-state index >= 15 is 0 Å². The second-order valence-corrected chi connectivity index (χ2v) is 1.85. The van der Waals surface area contributed by atoms with Gasteiger partial charge in [0.15, 0.2) is 0 Å². The molecule has 12 heavy (non-hydrogen) atoms. The van der Waals surface area contributed by atoms with E-state index in [1.165, 1.54) is 0 Å². The van der Waals surface area contributed by atoms with Crippen molar-refractivity contribution in [2.45, 2.75) is 0 Å². The average Bonchev–Trinajstić information content (AvgIpc) is 2.03. The number of nitrogens with zero attached hydrogens (tertiary/aromatic N) is 2. The Morgan fingerprint density at radius 1 is 1.75 bits per heavy atom. The fraction of sp³-hybridized carbons (Fsp3) is 0. The molecule has 0 bridgehead atoms. The minimum Gasteiger partial charge on any atom is -0.294 e. The first-order valence-electron chi connectivity index (χ1n) is 2.85. The largest absolute Gasteiger partial charge is 0.352 e. The zero-order chi connectivity index (χ0) is 9.14. The highest BCUT2D eigenvalue weighted by molar-refractivity contribution is 5.29. The maximum absolute atomic E-state index is 10.8. The molecular weight excluding hydrogens is 166 g/mol. The van der Waals surface area contributed by atoms with E-state index in [9.17, 15) is 14.9 Å². The molecule has 0 atom stereocenters. The number of H-pyrrole nitrogens is 1. The van der Waals surface area contributed by atoms with Gasteiger partial charge in [0.1, 0.15) is 6.20 Å². The number of aromatic amines is 1. The maximum Gasteiger partial charge on any atom is 0.352 e. The Morgan fingerprint density at radius 3 is 2.83 bits per heavy atom. The Morgan fingerprint density at radius 2 is 2.42 bits per heavy atom. The zero-order valence-corrected chi connectivity index (χ0v) is 5.77. The lowest BCUT2D eigenvalue weighted by molar-refractivity contribution is -0.386. The number of anilines is 1. The van der Waals surface area contributed by atoms with E-state index in [1.807, 2.05) is 5.43 Å². The number of hydrogen-bond donors (Lipinski definition) is 3. The van der Waals surface area contributed by atoms with E-state index in [1.54, 1.807) is 0 Å². The van der Waals surface area contributed by atoms with E-state index in [-0.39, 0.29) is 5.95 Å². The highest BCUT2D eigenvalue weighted by atomic mass is 16.6. The Bertz CT molecular complexity index is 358. The van der Waals surface area contributed by atoms with Crippen LogP contribution in [0.3, 0.4) is 0 Å². The number of nitrogens with two attached hydrogens (primary N) is 1. The Balaban J connectivity index is 3.21. The molecule has 0 saturated heterocycles. The molecular formula is C4H5N5O3. The van der Waals surface area contributed by atoms with Crippen LogP contribution in [-0.2, 0) is 0 Å². The predicted octanol–water partition coefficient (Wildman–Crippen LogP) is -1.04. The topological polar surface area (TPSA) is 127 Å². The molecule has 1 rings (SSSR count). The molecule has 0 saturated carbocycles. The smallest absolute Gasteiger partial charge is 0.294 e. The minimum atomic E-state index is -0.844. The monoisotopic (exact) mass is 171 g/mol. The van der Waals surface area contributed by atoms with Crippen molar-refractivity contribution in [3.63, 3.8) is 0 Å². The molecule has 0 fully saturated rings. The van der Waals surface area contributed by atoms with Crippen LogP contribution in [0.25, 0.3) is 0 Å².